The molecule has 0 spiro atoms. The normalized spacial score (nSPS) is 11.0. The van der Waals surface area contributed by atoms with E-state index in [1.807, 2.05) is 0 Å². The van der Waals surface area contributed by atoms with E-state index in [1.54, 1.807) is 12.1 Å². The molecule has 0 fully saturated rings. The van der Waals surface area contributed by atoms with Crippen molar-refractivity contribution >= 4 is 61.5 Å². The maximum atomic E-state index is 12.3. The Hall–Kier alpha value is -1.32. The van der Waals surface area contributed by atoms with E-state index in [-0.39, 0.29) is 15.8 Å². The molecule has 22 heavy (non-hydrogen) atoms. The highest BCUT2D eigenvalue weighted by atomic mass is 127. The quantitative estimate of drug-likeness (QED) is 0.698. The largest absolute Gasteiger partial charge is 0.325 e. The number of carbonyl (C=O) groups excluding carboxylic acids is 1. The molecule has 0 saturated carbocycles. The highest BCUT2D eigenvalue weighted by Crippen LogP contribution is 2.27. The lowest BCUT2D eigenvalue weighted by atomic mass is 10.3. The number of benzene rings is 2. The molecule has 2 aromatic rings. The molecule has 116 valence electrons. The zero-order valence-electron chi connectivity index (χ0n) is 11.4. The smallest absolute Gasteiger partial charge is 0.261 e. The van der Waals surface area contributed by atoms with Crippen LogP contribution in [0.2, 0.25) is 5.02 Å². The first-order chi connectivity index (χ1) is 10.3. The summed E-state index contributed by atoms with van der Waals surface area (Å²) in [7, 11) is -3.68. The molecule has 0 unspecified atom stereocenters. The molecule has 2 aromatic carbocycles. The van der Waals surface area contributed by atoms with Gasteiger partial charge in [0.25, 0.3) is 10.0 Å². The number of halogens is 2. The van der Waals surface area contributed by atoms with Crippen LogP contribution in [0.5, 0.6) is 0 Å². The second-order valence-electron chi connectivity index (χ2n) is 4.44. The summed E-state index contributed by atoms with van der Waals surface area (Å²) in [6.07, 6.45) is 0. The molecule has 0 heterocycles. The van der Waals surface area contributed by atoms with Gasteiger partial charge in [-0.2, -0.15) is 0 Å². The summed E-state index contributed by atoms with van der Waals surface area (Å²) in [5.41, 5.74) is 0.740. The summed E-state index contributed by atoms with van der Waals surface area (Å²) in [5, 5.41) is 2.80. The highest BCUT2D eigenvalue weighted by Gasteiger charge is 2.14. The van der Waals surface area contributed by atoms with Gasteiger partial charge in [-0.3, -0.25) is 9.52 Å². The number of hydrogen-bond donors (Lipinski definition) is 2. The van der Waals surface area contributed by atoms with E-state index >= 15 is 0 Å². The number of amides is 1. The molecule has 0 aromatic heterocycles. The molecular formula is C14H12ClIN2O3S. The zero-order chi connectivity index (χ0) is 16.3. The van der Waals surface area contributed by atoms with Crippen molar-refractivity contribution < 1.29 is 13.2 Å². The van der Waals surface area contributed by atoms with Gasteiger partial charge in [0, 0.05) is 10.5 Å². The van der Waals surface area contributed by atoms with Gasteiger partial charge in [0.15, 0.2) is 0 Å². The maximum Gasteiger partial charge on any atom is 0.261 e. The molecule has 0 aliphatic rings. The molecule has 8 heteroatoms. The summed E-state index contributed by atoms with van der Waals surface area (Å²) in [6, 6.07) is 11.0. The van der Waals surface area contributed by atoms with Crippen molar-refractivity contribution in [1.29, 1.82) is 0 Å². The van der Waals surface area contributed by atoms with Gasteiger partial charge in [0.1, 0.15) is 0 Å². The van der Waals surface area contributed by atoms with Gasteiger partial charge >= 0.3 is 0 Å². The average molecular weight is 451 g/mol. The Balaban J connectivity index is 2.24. The molecule has 0 bridgehead atoms. The van der Waals surface area contributed by atoms with E-state index < -0.39 is 10.0 Å². The number of carbonyl (C=O) groups is 1. The number of hydrogen-bond acceptors (Lipinski definition) is 3. The second kappa shape index (κ2) is 6.84. The summed E-state index contributed by atoms with van der Waals surface area (Å²) in [6.45, 7) is 1.36. The lowest BCUT2D eigenvalue weighted by Crippen LogP contribution is -2.13. The number of nitrogens with one attached hydrogen (secondary N) is 2. The van der Waals surface area contributed by atoms with Crippen LogP contribution in [0.4, 0.5) is 11.4 Å². The fraction of sp³-hybridized carbons (Fsp3) is 0.0714. The van der Waals surface area contributed by atoms with Gasteiger partial charge < -0.3 is 5.32 Å². The minimum atomic E-state index is -3.68. The van der Waals surface area contributed by atoms with Gasteiger partial charge in [0.2, 0.25) is 5.91 Å². The van der Waals surface area contributed by atoms with Crippen LogP contribution in [0.1, 0.15) is 6.92 Å². The Kier molecular flexibility index (Phi) is 5.30. The lowest BCUT2D eigenvalue weighted by molar-refractivity contribution is -0.114. The third-order valence-electron chi connectivity index (χ3n) is 2.66. The number of sulfonamides is 1. The Morgan fingerprint density at radius 3 is 2.32 bits per heavy atom. The molecule has 1 amide bonds. The van der Waals surface area contributed by atoms with Crippen LogP contribution in [0.15, 0.2) is 47.4 Å². The molecular weight excluding hydrogens is 439 g/mol. The van der Waals surface area contributed by atoms with Crippen molar-refractivity contribution in [3.8, 4) is 0 Å². The Bertz CT molecular complexity index is 807. The Morgan fingerprint density at radius 2 is 1.77 bits per heavy atom. The van der Waals surface area contributed by atoms with Crippen molar-refractivity contribution in [3.63, 3.8) is 0 Å². The number of rotatable bonds is 4. The third-order valence-corrected chi connectivity index (χ3v) is 5.09. The minimum absolute atomic E-state index is 0.162. The van der Waals surface area contributed by atoms with Gasteiger partial charge in [-0.05, 0) is 65.1 Å². The van der Waals surface area contributed by atoms with E-state index in [0.29, 0.717) is 11.4 Å². The first kappa shape index (κ1) is 17.0. The topological polar surface area (TPSA) is 75.3 Å². The van der Waals surface area contributed by atoms with E-state index in [2.05, 4.69) is 32.6 Å². The summed E-state index contributed by atoms with van der Waals surface area (Å²) >= 11 is 8.12. The molecule has 0 atom stereocenters. The van der Waals surface area contributed by atoms with Crippen molar-refractivity contribution in [2.45, 2.75) is 11.8 Å². The molecule has 2 N–H and O–H groups in total. The Morgan fingerprint density at radius 1 is 1.14 bits per heavy atom. The summed E-state index contributed by atoms with van der Waals surface area (Å²) < 4.78 is 27.9. The zero-order valence-corrected chi connectivity index (χ0v) is 15.2. The van der Waals surface area contributed by atoms with E-state index in [9.17, 15) is 13.2 Å². The standard InChI is InChI=1S/C14H12ClIN2O3S/c1-9(19)17-14-7-4-11(8-13(14)15)18-22(20,21)12-5-2-10(16)3-6-12/h2-8,18H,1H3,(H,17,19). The molecule has 0 radical (unpaired) electrons. The van der Waals surface area contributed by atoms with Crippen molar-refractivity contribution in [1.82, 2.24) is 0 Å². The minimum Gasteiger partial charge on any atom is -0.325 e. The van der Waals surface area contributed by atoms with Crippen LogP contribution >= 0.6 is 34.2 Å². The van der Waals surface area contributed by atoms with E-state index in [1.165, 1.54) is 37.3 Å². The highest BCUT2D eigenvalue weighted by molar-refractivity contribution is 14.1. The second-order valence-corrected chi connectivity index (χ2v) is 7.77. The molecule has 0 aliphatic heterocycles. The van der Waals surface area contributed by atoms with Gasteiger partial charge in [0.05, 0.1) is 21.3 Å². The van der Waals surface area contributed by atoms with Crippen LogP contribution in [0, 0.1) is 3.57 Å². The van der Waals surface area contributed by atoms with Crippen LogP contribution in [0.25, 0.3) is 0 Å². The SMILES string of the molecule is CC(=O)Nc1ccc(NS(=O)(=O)c2ccc(I)cc2)cc1Cl. The predicted octanol–water partition coefficient (Wildman–Crippen LogP) is 3.70. The monoisotopic (exact) mass is 450 g/mol. The Labute approximate surface area is 147 Å². The molecule has 0 saturated heterocycles. The third kappa shape index (κ3) is 4.34. The average Bonchev–Trinajstić information content (AvgIpc) is 2.41. The summed E-state index contributed by atoms with van der Waals surface area (Å²) in [5.74, 6) is -0.255. The van der Waals surface area contributed by atoms with Crippen molar-refractivity contribution in [2.24, 2.45) is 0 Å². The van der Waals surface area contributed by atoms with Gasteiger partial charge in [-0.25, -0.2) is 8.42 Å². The van der Waals surface area contributed by atoms with Crippen LogP contribution in [-0.2, 0) is 14.8 Å². The van der Waals surface area contributed by atoms with Gasteiger partial charge in [-0.15, -0.1) is 0 Å². The fourth-order valence-corrected chi connectivity index (χ4v) is 3.33. The molecule has 5 nitrogen and oxygen atoms in total. The summed E-state index contributed by atoms with van der Waals surface area (Å²) in [4.78, 5) is 11.2. The molecule has 2 rings (SSSR count). The maximum absolute atomic E-state index is 12.3. The van der Waals surface area contributed by atoms with E-state index in [4.69, 9.17) is 11.6 Å². The van der Waals surface area contributed by atoms with Crippen LogP contribution < -0.4 is 10.0 Å². The first-order valence-corrected chi connectivity index (χ1v) is 9.07. The lowest BCUT2D eigenvalue weighted by Gasteiger charge is -2.10. The fourth-order valence-electron chi connectivity index (χ4n) is 1.70. The predicted molar refractivity (Wildman–Crippen MR) is 95.7 cm³/mol. The first-order valence-electron chi connectivity index (χ1n) is 6.13. The van der Waals surface area contributed by atoms with Crippen LogP contribution in [-0.4, -0.2) is 14.3 Å². The van der Waals surface area contributed by atoms with Gasteiger partial charge in [-0.1, -0.05) is 11.6 Å². The van der Waals surface area contributed by atoms with Crippen LogP contribution in [0.3, 0.4) is 0 Å². The van der Waals surface area contributed by atoms with E-state index in [0.717, 1.165) is 3.57 Å². The van der Waals surface area contributed by atoms with Crippen molar-refractivity contribution in [2.75, 3.05) is 10.0 Å². The van der Waals surface area contributed by atoms with Crippen molar-refractivity contribution in [3.05, 3.63) is 51.1 Å². The number of anilines is 2. The molecule has 0 aliphatic carbocycles.